The average molecular weight is 394 g/mol. The van der Waals surface area contributed by atoms with E-state index in [2.05, 4.69) is 0 Å². The van der Waals surface area contributed by atoms with Crippen molar-refractivity contribution < 1.29 is 23.4 Å². The molecule has 1 aromatic rings. The number of ether oxygens (including phenoxy) is 1. The molecule has 0 amide bonds. The summed E-state index contributed by atoms with van der Waals surface area (Å²) in [6.45, 7) is 3.22. The van der Waals surface area contributed by atoms with Crippen LogP contribution in [0.25, 0.3) is 0 Å². The largest absolute Gasteiger partial charge is 0.460 e. The Bertz CT molecular complexity index is 692. The van der Waals surface area contributed by atoms with Gasteiger partial charge in [-0.15, -0.1) is 0 Å². The molecule has 0 radical (unpaired) electrons. The highest BCUT2D eigenvalue weighted by molar-refractivity contribution is 5.81. The molecule has 5 nitrogen and oxygen atoms in total. The number of rotatable bonds is 6. The van der Waals surface area contributed by atoms with Gasteiger partial charge in [0.25, 0.3) is 0 Å². The fourth-order valence-electron chi connectivity index (χ4n) is 4.39. The minimum Gasteiger partial charge on any atom is -0.460 e. The Morgan fingerprint density at radius 3 is 2.50 bits per heavy atom. The lowest BCUT2D eigenvalue weighted by Gasteiger charge is -2.36. The van der Waals surface area contributed by atoms with Crippen molar-refractivity contribution in [1.82, 2.24) is 4.90 Å². The van der Waals surface area contributed by atoms with E-state index in [4.69, 9.17) is 10.1 Å². The monoisotopic (exact) mass is 394 g/mol. The lowest BCUT2D eigenvalue weighted by molar-refractivity contribution is -0.182. The topological polar surface area (TPSA) is 73.6 Å². The second kappa shape index (κ2) is 8.15. The summed E-state index contributed by atoms with van der Waals surface area (Å²) in [6.07, 6.45) is 1.63. The van der Waals surface area contributed by atoms with Crippen LogP contribution in [0, 0.1) is 17.2 Å². The Labute approximate surface area is 164 Å². The van der Waals surface area contributed by atoms with Gasteiger partial charge in [-0.2, -0.15) is 0 Å². The predicted octanol–water partition coefficient (Wildman–Crippen LogP) is 3.56. The van der Waals surface area contributed by atoms with Gasteiger partial charge in [-0.05, 0) is 37.7 Å². The molecule has 0 aromatic heterocycles. The van der Waals surface area contributed by atoms with Crippen LogP contribution in [0.5, 0.6) is 0 Å². The van der Waals surface area contributed by atoms with Crippen molar-refractivity contribution in [2.24, 2.45) is 11.8 Å². The quantitative estimate of drug-likeness (QED) is 0.440. The summed E-state index contributed by atoms with van der Waals surface area (Å²) in [5, 5.41) is 18.7. The maximum Gasteiger partial charge on any atom is 0.343 e. The molecular weight excluding hydrogens is 366 g/mol. The number of likely N-dealkylation sites (tertiary alicyclic amines) is 1. The van der Waals surface area contributed by atoms with E-state index in [9.17, 15) is 18.7 Å². The summed E-state index contributed by atoms with van der Waals surface area (Å²) >= 11 is 0. The zero-order valence-corrected chi connectivity index (χ0v) is 16.1. The molecule has 1 saturated carbocycles. The third-order valence-electron chi connectivity index (χ3n) is 6.23. The number of carbonyl (C=O) groups excluding carboxylic acids is 1. The van der Waals surface area contributed by atoms with Crippen molar-refractivity contribution in [3.63, 3.8) is 0 Å². The van der Waals surface area contributed by atoms with Crippen LogP contribution in [0.1, 0.15) is 44.6 Å². The molecule has 0 spiro atoms. The van der Waals surface area contributed by atoms with Gasteiger partial charge in [-0.3, -0.25) is 5.41 Å². The maximum absolute atomic E-state index is 13.8. The van der Waals surface area contributed by atoms with E-state index in [0.29, 0.717) is 18.7 Å². The van der Waals surface area contributed by atoms with Crippen LogP contribution in [-0.4, -0.2) is 47.4 Å². The highest BCUT2D eigenvalue weighted by atomic mass is 19.3. The summed E-state index contributed by atoms with van der Waals surface area (Å²) < 4.78 is 33.3. The number of piperidine rings is 1. The van der Waals surface area contributed by atoms with Crippen LogP contribution in [0.15, 0.2) is 30.3 Å². The Morgan fingerprint density at radius 1 is 1.32 bits per heavy atom. The van der Waals surface area contributed by atoms with Gasteiger partial charge in [0.15, 0.2) is 5.60 Å². The molecule has 1 heterocycles. The van der Waals surface area contributed by atoms with Crippen LogP contribution >= 0.6 is 0 Å². The van der Waals surface area contributed by atoms with Gasteiger partial charge in [0.1, 0.15) is 6.10 Å². The molecule has 1 aliphatic carbocycles. The van der Waals surface area contributed by atoms with E-state index in [1.54, 1.807) is 37.3 Å². The third-order valence-corrected chi connectivity index (χ3v) is 6.23. The molecule has 1 aromatic carbocycles. The highest BCUT2D eigenvalue weighted by Crippen LogP contribution is 2.48. The Hall–Kier alpha value is -2.02. The molecule has 2 aliphatic rings. The summed E-state index contributed by atoms with van der Waals surface area (Å²) in [7, 11) is 0. The van der Waals surface area contributed by atoms with E-state index in [0.717, 1.165) is 12.8 Å². The maximum atomic E-state index is 13.8. The third kappa shape index (κ3) is 4.19. The fraction of sp³-hybridized carbons (Fsp3) is 0.619. The Kier molecular flexibility index (Phi) is 6.03. The van der Waals surface area contributed by atoms with Crippen molar-refractivity contribution in [2.45, 2.75) is 56.7 Å². The summed E-state index contributed by atoms with van der Waals surface area (Å²) in [6, 6.07) is 8.28. The van der Waals surface area contributed by atoms with Crippen LogP contribution < -0.4 is 0 Å². The zero-order valence-electron chi connectivity index (χ0n) is 16.1. The number of hydrogen-bond donors (Lipinski definition) is 2. The van der Waals surface area contributed by atoms with Gasteiger partial charge in [0.05, 0.1) is 6.34 Å². The van der Waals surface area contributed by atoms with Gasteiger partial charge in [-0.25, -0.2) is 13.6 Å². The number of benzene rings is 1. The van der Waals surface area contributed by atoms with Crippen molar-refractivity contribution in [2.75, 3.05) is 13.1 Å². The number of hydrogen-bond acceptors (Lipinski definition) is 4. The van der Waals surface area contributed by atoms with Crippen LogP contribution in [0.2, 0.25) is 0 Å². The first-order valence-corrected chi connectivity index (χ1v) is 9.87. The van der Waals surface area contributed by atoms with Crippen molar-refractivity contribution in [1.29, 1.82) is 5.41 Å². The number of carbonyl (C=O) groups is 1. The molecule has 7 heteroatoms. The first kappa shape index (κ1) is 20.7. The average Bonchev–Trinajstić information content (AvgIpc) is 3.08. The van der Waals surface area contributed by atoms with Gasteiger partial charge in [-0.1, -0.05) is 30.3 Å². The molecule has 3 atom stereocenters. The molecule has 2 fully saturated rings. The number of nitrogens with one attached hydrogen (secondary N) is 1. The van der Waals surface area contributed by atoms with Crippen molar-refractivity contribution in [3.8, 4) is 0 Å². The molecule has 1 saturated heterocycles. The van der Waals surface area contributed by atoms with E-state index in [1.807, 2.05) is 4.90 Å². The van der Waals surface area contributed by atoms with Gasteiger partial charge in [0, 0.05) is 31.8 Å². The smallest absolute Gasteiger partial charge is 0.343 e. The zero-order chi connectivity index (χ0) is 20.4. The SMILES string of the molecule is C[C@@H](OC(=O)[C@](O)(c1ccccc1)[C@@H]1CCC(F)(F)C1)C1CCN(C=N)CC1. The first-order chi connectivity index (χ1) is 13.3. The normalized spacial score (nSPS) is 25.7. The van der Waals surface area contributed by atoms with Gasteiger partial charge in [0.2, 0.25) is 5.92 Å². The van der Waals surface area contributed by atoms with Crippen molar-refractivity contribution >= 4 is 12.3 Å². The number of halogens is 2. The molecule has 154 valence electrons. The number of alkyl halides is 2. The van der Waals surface area contributed by atoms with E-state index in [1.165, 1.54) is 6.34 Å². The molecule has 3 rings (SSSR count). The lowest BCUT2D eigenvalue weighted by Crippen LogP contribution is -2.46. The van der Waals surface area contributed by atoms with Crippen LogP contribution in [-0.2, 0) is 15.1 Å². The molecule has 0 bridgehead atoms. The van der Waals surface area contributed by atoms with Gasteiger partial charge >= 0.3 is 5.97 Å². The molecular formula is C21H28F2N2O3. The predicted molar refractivity (Wildman–Crippen MR) is 101 cm³/mol. The van der Waals surface area contributed by atoms with Gasteiger partial charge < -0.3 is 14.7 Å². The Balaban J connectivity index is 1.77. The van der Waals surface area contributed by atoms with E-state index < -0.39 is 35.9 Å². The minimum atomic E-state index is -2.88. The first-order valence-electron chi connectivity index (χ1n) is 9.87. The molecule has 2 N–H and O–H groups in total. The lowest BCUT2D eigenvalue weighted by atomic mass is 9.80. The summed E-state index contributed by atoms with van der Waals surface area (Å²) in [5.41, 5.74) is -1.78. The van der Waals surface area contributed by atoms with Crippen LogP contribution in [0.3, 0.4) is 0 Å². The fourth-order valence-corrected chi connectivity index (χ4v) is 4.39. The number of aliphatic hydroxyl groups is 1. The van der Waals surface area contributed by atoms with E-state index >= 15 is 0 Å². The highest BCUT2D eigenvalue weighted by Gasteiger charge is 2.54. The molecule has 0 unspecified atom stereocenters. The number of esters is 1. The second-order valence-corrected chi connectivity index (χ2v) is 8.04. The molecule has 1 aliphatic heterocycles. The summed E-state index contributed by atoms with van der Waals surface area (Å²) in [5.74, 6) is -4.49. The second-order valence-electron chi connectivity index (χ2n) is 8.04. The van der Waals surface area contributed by atoms with E-state index in [-0.39, 0.29) is 18.8 Å². The molecule has 28 heavy (non-hydrogen) atoms. The standard InChI is InChI=1S/C21H28F2N2O3/c1-15(16-8-11-25(14-24)12-9-16)28-19(26)21(27,17-5-3-2-4-6-17)18-7-10-20(22,23)13-18/h2-6,14-16,18,24,27H,7-13H2,1H3/t15-,18-,21+/m1/s1. The van der Waals surface area contributed by atoms with Crippen molar-refractivity contribution in [3.05, 3.63) is 35.9 Å². The Morgan fingerprint density at radius 2 is 1.96 bits per heavy atom. The minimum absolute atomic E-state index is 0.0690. The van der Waals surface area contributed by atoms with Crippen LogP contribution in [0.4, 0.5) is 8.78 Å². The summed E-state index contributed by atoms with van der Waals surface area (Å²) in [4.78, 5) is 15.0. The number of nitrogens with zero attached hydrogens (tertiary/aromatic N) is 1.